The van der Waals surface area contributed by atoms with Gasteiger partial charge in [-0.2, -0.15) is 0 Å². The van der Waals surface area contributed by atoms with Crippen molar-refractivity contribution >= 4 is 34.9 Å². The number of rotatable bonds is 6. The molecular formula is C25H24ClF2N5O2. The van der Waals surface area contributed by atoms with Gasteiger partial charge in [-0.25, -0.2) is 13.8 Å². The molecule has 1 aromatic heterocycles. The van der Waals surface area contributed by atoms with Crippen molar-refractivity contribution in [3.8, 4) is 0 Å². The molecule has 1 aliphatic heterocycles. The quantitative estimate of drug-likeness (QED) is 0.445. The number of nitrogens with one attached hydrogen (secondary N) is 2. The Morgan fingerprint density at radius 3 is 2.29 bits per heavy atom. The van der Waals surface area contributed by atoms with Gasteiger partial charge in [0.2, 0.25) is 0 Å². The van der Waals surface area contributed by atoms with Crippen molar-refractivity contribution < 1.29 is 18.4 Å². The summed E-state index contributed by atoms with van der Waals surface area (Å²) in [5, 5.41) is 5.33. The van der Waals surface area contributed by atoms with Gasteiger partial charge in [-0.1, -0.05) is 30.2 Å². The summed E-state index contributed by atoms with van der Waals surface area (Å²) < 4.78 is 27.9. The summed E-state index contributed by atoms with van der Waals surface area (Å²) in [5.74, 6) is -3.65. The van der Waals surface area contributed by atoms with Gasteiger partial charge in [-0.15, -0.1) is 0 Å². The van der Waals surface area contributed by atoms with Gasteiger partial charge in [-0.3, -0.25) is 14.5 Å². The number of carbonyl (C=O) groups is 2. The average Bonchev–Trinajstić information content (AvgIpc) is 2.87. The number of anilines is 2. The van der Waals surface area contributed by atoms with Crippen LogP contribution >= 0.6 is 11.6 Å². The van der Waals surface area contributed by atoms with E-state index in [-0.39, 0.29) is 28.8 Å². The van der Waals surface area contributed by atoms with Gasteiger partial charge >= 0.3 is 0 Å². The number of hydrogen-bond donors (Lipinski definition) is 3. The Kier molecular flexibility index (Phi) is 7.70. The molecule has 2 aromatic carbocycles. The van der Waals surface area contributed by atoms with Gasteiger partial charge in [0.1, 0.15) is 5.82 Å². The Hall–Kier alpha value is -3.40. The van der Waals surface area contributed by atoms with Crippen molar-refractivity contribution in [2.45, 2.75) is 25.4 Å². The number of benzene rings is 2. The van der Waals surface area contributed by atoms with Crippen LogP contribution in [0.3, 0.4) is 0 Å². The fourth-order valence-corrected chi connectivity index (χ4v) is 4.02. The lowest BCUT2D eigenvalue weighted by atomic mass is 10.1. The molecule has 4 rings (SSSR count). The van der Waals surface area contributed by atoms with Gasteiger partial charge in [-0.05, 0) is 61.8 Å². The first-order chi connectivity index (χ1) is 16.8. The summed E-state index contributed by atoms with van der Waals surface area (Å²) in [4.78, 5) is 31.7. The highest BCUT2D eigenvalue weighted by atomic mass is 35.5. The van der Waals surface area contributed by atoms with Crippen LogP contribution in [0.5, 0.6) is 0 Å². The molecule has 4 N–H and O–H groups in total. The van der Waals surface area contributed by atoms with Crippen LogP contribution in [0, 0.1) is 11.6 Å². The molecule has 1 fully saturated rings. The van der Waals surface area contributed by atoms with Crippen LogP contribution in [0.1, 0.15) is 51.7 Å². The van der Waals surface area contributed by atoms with E-state index in [0.29, 0.717) is 5.02 Å². The zero-order valence-corrected chi connectivity index (χ0v) is 19.5. The number of hydrogen-bond acceptors (Lipinski definition) is 5. The second-order valence-electron chi connectivity index (χ2n) is 8.25. The molecule has 1 aliphatic rings. The second kappa shape index (κ2) is 10.9. The van der Waals surface area contributed by atoms with E-state index in [4.69, 9.17) is 17.3 Å². The topological polar surface area (TPSA) is 100 Å². The normalized spacial score (nSPS) is 14.9. The highest BCUT2D eigenvalue weighted by molar-refractivity contribution is 6.30. The summed E-state index contributed by atoms with van der Waals surface area (Å²) in [6, 6.07) is 11.2. The van der Waals surface area contributed by atoms with Crippen molar-refractivity contribution in [1.82, 2.24) is 9.88 Å². The molecule has 7 nitrogen and oxygen atoms in total. The van der Waals surface area contributed by atoms with E-state index in [2.05, 4.69) is 20.5 Å². The number of nitrogens with two attached hydrogens (primary N) is 1. The van der Waals surface area contributed by atoms with Crippen LogP contribution in [0.2, 0.25) is 5.02 Å². The number of pyridine rings is 1. The minimum atomic E-state index is -1.23. The molecule has 0 bridgehead atoms. The molecule has 0 radical (unpaired) electrons. The first-order valence-corrected chi connectivity index (χ1v) is 11.5. The van der Waals surface area contributed by atoms with E-state index in [9.17, 15) is 18.4 Å². The summed E-state index contributed by atoms with van der Waals surface area (Å²) in [6.07, 6.45) is 4.46. The standard InChI is InChI=1S/C25H24ClF2N5O2/c26-17-8-9-22(30-14-17)32-25(35)18-12-19(27)20(28)13-21(18)31-24(34)16-6-4-15(5-7-16)23(29)33-10-2-1-3-11-33/h4-9,12-14,23H,1-3,10-11,29H2,(H,31,34)(H,30,32,35). The largest absolute Gasteiger partial charge is 0.321 e. The Bertz CT molecular complexity index is 1220. The molecule has 1 unspecified atom stereocenters. The van der Waals surface area contributed by atoms with E-state index >= 15 is 0 Å². The minimum Gasteiger partial charge on any atom is -0.321 e. The lowest BCUT2D eigenvalue weighted by Crippen LogP contribution is -2.38. The molecule has 2 heterocycles. The molecule has 3 aromatic rings. The van der Waals surface area contributed by atoms with Gasteiger partial charge in [0.15, 0.2) is 11.6 Å². The van der Waals surface area contributed by atoms with Crippen LogP contribution in [0.25, 0.3) is 0 Å². The minimum absolute atomic E-state index is 0.155. The number of nitrogens with zero attached hydrogens (tertiary/aromatic N) is 2. The molecule has 182 valence electrons. The van der Waals surface area contributed by atoms with Crippen molar-refractivity contribution in [3.63, 3.8) is 0 Å². The Morgan fingerprint density at radius 2 is 1.63 bits per heavy atom. The van der Waals surface area contributed by atoms with E-state index in [1.165, 1.54) is 24.8 Å². The zero-order chi connectivity index (χ0) is 24.9. The SMILES string of the molecule is NC(c1ccc(C(=O)Nc2cc(F)c(F)cc2C(=O)Nc2ccc(Cl)cn2)cc1)N1CCCCC1. The van der Waals surface area contributed by atoms with Crippen molar-refractivity contribution in [3.05, 3.63) is 88.1 Å². The number of piperidine rings is 1. The second-order valence-corrected chi connectivity index (χ2v) is 8.68. The molecule has 1 saturated heterocycles. The lowest BCUT2D eigenvalue weighted by molar-refractivity contribution is 0.102. The monoisotopic (exact) mass is 499 g/mol. The number of aromatic nitrogens is 1. The molecule has 2 amide bonds. The fraction of sp³-hybridized carbons (Fsp3) is 0.240. The maximum atomic E-state index is 14.0. The maximum Gasteiger partial charge on any atom is 0.259 e. The molecular weight excluding hydrogens is 476 g/mol. The first-order valence-electron chi connectivity index (χ1n) is 11.1. The highest BCUT2D eigenvalue weighted by Crippen LogP contribution is 2.24. The molecule has 0 aliphatic carbocycles. The van der Waals surface area contributed by atoms with Crippen LogP contribution in [0.4, 0.5) is 20.3 Å². The number of carbonyl (C=O) groups excluding carboxylic acids is 2. The summed E-state index contributed by atoms with van der Waals surface area (Å²) >= 11 is 5.79. The van der Waals surface area contributed by atoms with Crippen LogP contribution < -0.4 is 16.4 Å². The fourth-order valence-electron chi connectivity index (χ4n) is 3.91. The number of halogens is 3. The van der Waals surface area contributed by atoms with Crippen molar-refractivity contribution in [1.29, 1.82) is 0 Å². The molecule has 35 heavy (non-hydrogen) atoms. The predicted octanol–water partition coefficient (Wildman–Crippen LogP) is 4.96. The van der Waals surface area contributed by atoms with Gasteiger partial charge < -0.3 is 16.4 Å². The number of likely N-dealkylation sites (tertiary alicyclic amines) is 1. The molecule has 0 saturated carbocycles. The third-order valence-electron chi connectivity index (χ3n) is 5.82. The summed E-state index contributed by atoms with van der Waals surface area (Å²) in [7, 11) is 0. The average molecular weight is 500 g/mol. The van der Waals surface area contributed by atoms with Crippen LogP contribution in [-0.4, -0.2) is 34.8 Å². The molecule has 1 atom stereocenters. The smallest absolute Gasteiger partial charge is 0.259 e. The lowest BCUT2D eigenvalue weighted by Gasteiger charge is -2.32. The van der Waals surface area contributed by atoms with E-state index < -0.39 is 23.4 Å². The molecule has 0 spiro atoms. The summed E-state index contributed by atoms with van der Waals surface area (Å²) in [5.41, 5.74) is 7.06. The summed E-state index contributed by atoms with van der Waals surface area (Å²) in [6.45, 7) is 1.85. The van der Waals surface area contributed by atoms with Crippen molar-refractivity contribution in [2.24, 2.45) is 5.73 Å². The van der Waals surface area contributed by atoms with Crippen LogP contribution in [-0.2, 0) is 0 Å². The highest BCUT2D eigenvalue weighted by Gasteiger charge is 2.21. The Balaban J connectivity index is 1.50. The Labute approximate surface area is 206 Å². The maximum absolute atomic E-state index is 14.0. The first kappa shape index (κ1) is 24.7. The van der Waals surface area contributed by atoms with E-state index in [1.807, 2.05) is 0 Å². The predicted molar refractivity (Wildman–Crippen MR) is 130 cm³/mol. The van der Waals surface area contributed by atoms with Crippen molar-refractivity contribution in [2.75, 3.05) is 23.7 Å². The third-order valence-corrected chi connectivity index (χ3v) is 6.04. The number of amides is 2. The van der Waals surface area contributed by atoms with Gasteiger partial charge in [0, 0.05) is 17.8 Å². The van der Waals surface area contributed by atoms with Crippen LogP contribution in [0.15, 0.2) is 54.7 Å². The molecule has 10 heteroatoms. The third kappa shape index (κ3) is 6.00. The Morgan fingerprint density at radius 1 is 0.943 bits per heavy atom. The van der Waals surface area contributed by atoms with E-state index in [1.54, 1.807) is 24.3 Å². The van der Waals surface area contributed by atoms with E-state index in [0.717, 1.165) is 43.6 Å². The van der Waals surface area contributed by atoms with Gasteiger partial charge in [0.25, 0.3) is 11.8 Å². The zero-order valence-electron chi connectivity index (χ0n) is 18.7. The van der Waals surface area contributed by atoms with Gasteiger partial charge in [0.05, 0.1) is 22.4 Å².